The molecule has 0 radical (unpaired) electrons. The topological polar surface area (TPSA) is 110 Å². The lowest BCUT2D eigenvalue weighted by molar-refractivity contribution is 0.0946. The van der Waals surface area contributed by atoms with Crippen molar-refractivity contribution in [1.82, 2.24) is 25.5 Å². The van der Waals surface area contributed by atoms with Gasteiger partial charge in [-0.2, -0.15) is 0 Å². The molecule has 0 saturated carbocycles. The second-order valence-electron chi connectivity index (χ2n) is 6.50. The molecule has 0 atom stereocenters. The third kappa shape index (κ3) is 3.88. The fourth-order valence-electron chi connectivity index (χ4n) is 3.27. The molecular formula is C19H21N7O2. The van der Waals surface area contributed by atoms with Crippen LogP contribution in [0.3, 0.4) is 0 Å². The molecule has 3 aromatic heterocycles. The lowest BCUT2D eigenvalue weighted by Crippen LogP contribution is -2.47. The number of aromatic amines is 2. The minimum Gasteiger partial charge on any atom is -0.353 e. The van der Waals surface area contributed by atoms with Crippen molar-refractivity contribution in [2.75, 3.05) is 36.0 Å². The lowest BCUT2D eigenvalue weighted by atomic mass is 10.2. The maximum absolute atomic E-state index is 12.2. The zero-order valence-corrected chi connectivity index (χ0v) is 15.3. The van der Waals surface area contributed by atoms with Gasteiger partial charge in [0.15, 0.2) is 0 Å². The number of anilines is 2. The molecule has 4 heterocycles. The van der Waals surface area contributed by atoms with E-state index in [2.05, 4.69) is 35.3 Å². The van der Waals surface area contributed by atoms with E-state index in [1.807, 2.05) is 30.3 Å². The van der Waals surface area contributed by atoms with Gasteiger partial charge in [-0.25, -0.2) is 9.97 Å². The van der Waals surface area contributed by atoms with Gasteiger partial charge in [-0.15, -0.1) is 0 Å². The Morgan fingerprint density at radius 1 is 1.00 bits per heavy atom. The average molecular weight is 379 g/mol. The molecular weight excluding hydrogens is 358 g/mol. The van der Waals surface area contributed by atoms with E-state index in [1.54, 1.807) is 12.4 Å². The zero-order valence-electron chi connectivity index (χ0n) is 15.3. The molecule has 0 aromatic carbocycles. The molecule has 28 heavy (non-hydrogen) atoms. The fraction of sp³-hybridized carbons (Fsp3) is 0.263. The van der Waals surface area contributed by atoms with Crippen molar-refractivity contribution in [3.8, 4) is 0 Å². The van der Waals surface area contributed by atoms with E-state index in [1.165, 1.54) is 6.07 Å². The van der Waals surface area contributed by atoms with Gasteiger partial charge in [0.2, 0.25) is 0 Å². The number of rotatable bonds is 5. The van der Waals surface area contributed by atoms with Crippen LogP contribution in [-0.2, 0) is 6.54 Å². The Morgan fingerprint density at radius 3 is 2.50 bits per heavy atom. The van der Waals surface area contributed by atoms with Gasteiger partial charge in [-0.3, -0.25) is 19.8 Å². The molecule has 1 aliphatic rings. The van der Waals surface area contributed by atoms with Crippen LogP contribution in [0.5, 0.6) is 0 Å². The second kappa shape index (κ2) is 7.95. The summed E-state index contributed by atoms with van der Waals surface area (Å²) in [7, 11) is 0. The molecule has 0 unspecified atom stereocenters. The van der Waals surface area contributed by atoms with Gasteiger partial charge in [-0.05, 0) is 18.2 Å². The molecule has 3 N–H and O–H groups in total. The molecule has 9 nitrogen and oxygen atoms in total. The Kier molecular flexibility index (Phi) is 5.05. The van der Waals surface area contributed by atoms with E-state index in [9.17, 15) is 9.59 Å². The van der Waals surface area contributed by atoms with Gasteiger partial charge in [-0.1, -0.05) is 12.1 Å². The number of aromatic nitrogens is 4. The average Bonchev–Trinajstić information content (AvgIpc) is 3.19. The summed E-state index contributed by atoms with van der Waals surface area (Å²) in [6, 6.07) is 11.0. The fourth-order valence-corrected chi connectivity index (χ4v) is 3.27. The number of H-pyrrole nitrogens is 2. The van der Waals surface area contributed by atoms with Crippen molar-refractivity contribution in [1.29, 1.82) is 0 Å². The van der Waals surface area contributed by atoms with Crippen LogP contribution in [0.2, 0.25) is 0 Å². The van der Waals surface area contributed by atoms with Crippen LogP contribution in [0.15, 0.2) is 53.6 Å². The third-order valence-corrected chi connectivity index (χ3v) is 4.70. The standard InChI is InChI=1S/C19H21N7O2/c27-17-12-15(23-24-17)19(28)22-13-14-4-3-7-21-18(14)26-10-8-25(9-11-26)16-5-1-2-6-20-16/h1-7,12H,8-11,13H2,(H,22,28)(H2,23,24,27). The second-order valence-corrected chi connectivity index (χ2v) is 6.50. The summed E-state index contributed by atoms with van der Waals surface area (Å²) in [4.78, 5) is 36.8. The number of amides is 1. The van der Waals surface area contributed by atoms with E-state index in [0.717, 1.165) is 43.4 Å². The normalized spacial score (nSPS) is 14.1. The molecule has 1 fully saturated rings. The molecule has 0 bridgehead atoms. The minimum absolute atomic E-state index is 0.208. The smallest absolute Gasteiger partial charge is 0.269 e. The van der Waals surface area contributed by atoms with E-state index in [0.29, 0.717) is 6.54 Å². The number of nitrogens with one attached hydrogen (secondary N) is 3. The molecule has 0 spiro atoms. The highest BCUT2D eigenvalue weighted by molar-refractivity contribution is 5.92. The highest BCUT2D eigenvalue weighted by atomic mass is 16.2. The zero-order chi connectivity index (χ0) is 19.3. The van der Waals surface area contributed by atoms with Gasteiger partial charge in [0.05, 0.1) is 0 Å². The van der Waals surface area contributed by atoms with E-state index < -0.39 is 0 Å². The van der Waals surface area contributed by atoms with Crippen LogP contribution >= 0.6 is 0 Å². The summed E-state index contributed by atoms with van der Waals surface area (Å²) in [5.41, 5.74) is 0.803. The SMILES string of the molecule is O=C(NCc1cccnc1N1CCN(c2ccccn2)CC1)c1cc(=O)[nH][nH]1. The summed E-state index contributed by atoms with van der Waals surface area (Å²) in [6.07, 6.45) is 3.56. The number of hydrogen-bond acceptors (Lipinski definition) is 6. The largest absolute Gasteiger partial charge is 0.353 e. The Hall–Kier alpha value is -3.62. The summed E-state index contributed by atoms with van der Waals surface area (Å²) in [5, 5.41) is 7.74. The van der Waals surface area contributed by atoms with Gasteiger partial charge >= 0.3 is 0 Å². The number of carbonyl (C=O) groups excluding carboxylic acids is 1. The van der Waals surface area contributed by atoms with Crippen molar-refractivity contribution in [3.05, 3.63) is 70.4 Å². The van der Waals surface area contributed by atoms with Gasteiger partial charge in [0.1, 0.15) is 17.3 Å². The number of carbonyl (C=O) groups is 1. The first-order valence-corrected chi connectivity index (χ1v) is 9.11. The highest BCUT2D eigenvalue weighted by Gasteiger charge is 2.21. The molecule has 144 valence electrons. The molecule has 1 saturated heterocycles. The molecule has 0 aliphatic carbocycles. The quantitative estimate of drug-likeness (QED) is 0.603. The summed E-state index contributed by atoms with van der Waals surface area (Å²) < 4.78 is 0. The summed E-state index contributed by atoms with van der Waals surface area (Å²) in [6.45, 7) is 3.67. The molecule has 9 heteroatoms. The lowest BCUT2D eigenvalue weighted by Gasteiger charge is -2.36. The first kappa shape index (κ1) is 17.8. The van der Waals surface area contributed by atoms with Crippen molar-refractivity contribution in [3.63, 3.8) is 0 Å². The number of pyridine rings is 2. The van der Waals surface area contributed by atoms with Crippen LogP contribution in [0, 0.1) is 0 Å². The summed E-state index contributed by atoms with van der Waals surface area (Å²) >= 11 is 0. The summed E-state index contributed by atoms with van der Waals surface area (Å²) in [5.74, 6) is 1.51. The van der Waals surface area contributed by atoms with E-state index in [-0.39, 0.29) is 17.2 Å². The van der Waals surface area contributed by atoms with Crippen molar-refractivity contribution in [2.45, 2.75) is 6.54 Å². The number of piperazine rings is 1. The van der Waals surface area contributed by atoms with Gasteiger partial charge < -0.3 is 15.1 Å². The highest BCUT2D eigenvalue weighted by Crippen LogP contribution is 2.21. The predicted molar refractivity (Wildman–Crippen MR) is 105 cm³/mol. The third-order valence-electron chi connectivity index (χ3n) is 4.70. The van der Waals surface area contributed by atoms with Crippen LogP contribution in [-0.4, -0.2) is 52.3 Å². The van der Waals surface area contributed by atoms with E-state index in [4.69, 9.17) is 0 Å². The van der Waals surface area contributed by atoms with Gasteiger partial charge in [0.25, 0.3) is 11.5 Å². The van der Waals surface area contributed by atoms with Gasteiger partial charge in [0, 0.05) is 56.7 Å². The number of nitrogens with zero attached hydrogens (tertiary/aromatic N) is 4. The Bertz CT molecular complexity index is 991. The molecule has 3 aromatic rings. The van der Waals surface area contributed by atoms with Crippen LogP contribution in [0.1, 0.15) is 16.1 Å². The Morgan fingerprint density at radius 2 is 1.79 bits per heavy atom. The molecule has 4 rings (SSSR count). The monoisotopic (exact) mass is 379 g/mol. The maximum atomic E-state index is 12.2. The van der Waals surface area contributed by atoms with Crippen molar-refractivity contribution < 1.29 is 4.79 Å². The van der Waals surface area contributed by atoms with E-state index >= 15 is 0 Å². The van der Waals surface area contributed by atoms with Crippen molar-refractivity contribution in [2.24, 2.45) is 0 Å². The predicted octanol–water partition coefficient (Wildman–Crippen LogP) is 0.750. The van der Waals surface area contributed by atoms with Crippen LogP contribution in [0.4, 0.5) is 11.6 Å². The molecule has 1 amide bonds. The minimum atomic E-state index is -0.340. The van der Waals surface area contributed by atoms with Crippen LogP contribution < -0.4 is 20.7 Å². The first-order valence-electron chi connectivity index (χ1n) is 9.11. The van der Waals surface area contributed by atoms with Crippen molar-refractivity contribution >= 4 is 17.5 Å². The maximum Gasteiger partial charge on any atom is 0.269 e. The Labute approximate surface area is 161 Å². The first-order chi connectivity index (χ1) is 13.7. The number of hydrogen-bond donors (Lipinski definition) is 3. The van der Waals surface area contributed by atoms with Crippen LogP contribution in [0.25, 0.3) is 0 Å². The Balaban J connectivity index is 1.41. The molecule has 1 aliphatic heterocycles.